The van der Waals surface area contributed by atoms with E-state index in [2.05, 4.69) is 10.6 Å². The summed E-state index contributed by atoms with van der Waals surface area (Å²) in [7, 11) is 1.83. The molecule has 1 aromatic heterocycles. The summed E-state index contributed by atoms with van der Waals surface area (Å²) in [5.41, 5.74) is 1.53. The molecule has 0 aliphatic rings. The summed E-state index contributed by atoms with van der Waals surface area (Å²) in [6.07, 6.45) is 1.06. The molecule has 0 saturated carbocycles. The average molecular weight is 291 g/mol. The van der Waals surface area contributed by atoms with Gasteiger partial charge in [0.25, 0.3) is 0 Å². The van der Waals surface area contributed by atoms with Crippen LogP contribution in [0.15, 0.2) is 42.6 Å². The zero-order valence-corrected chi connectivity index (χ0v) is 11.7. The molecular weight excluding hydrogens is 273 g/mol. The minimum atomic E-state index is -0.762. The predicted octanol–water partition coefficient (Wildman–Crippen LogP) is 1.70. The topological polar surface area (TPSA) is 66.3 Å². The number of nitrogens with one attached hydrogen (secondary N) is 2. The molecule has 1 heterocycles. The van der Waals surface area contributed by atoms with Gasteiger partial charge in [-0.3, -0.25) is 0 Å². The van der Waals surface area contributed by atoms with Crippen LogP contribution in [0.3, 0.4) is 0 Å². The maximum absolute atomic E-state index is 12.7. The van der Waals surface area contributed by atoms with Gasteiger partial charge in [0, 0.05) is 25.5 Å². The highest BCUT2D eigenvalue weighted by Gasteiger charge is 2.11. The maximum Gasteiger partial charge on any atom is 0.315 e. The molecule has 0 spiro atoms. The Balaban J connectivity index is 1.75. The van der Waals surface area contributed by atoms with Crippen molar-refractivity contribution in [3.8, 4) is 0 Å². The first-order valence-corrected chi connectivity index (χ1v) is 6.61. The smallest absolute Gasteiger partial charge is 0.315 e. The van der Waals surface area contributed by atoms with Gasteiger partial charge in [-0.15, -0.1) is 0 Å². The quantitative estimate of drug-likeness (QED) is 0.785. The lowest BCUT2D eigenvalue weighted by Gasteiger charge is -2.13. The highest BCUT2D eigenvalue weighted by molar-refractivity contribution is 5.73. The normalized spacial score (nSPS) is 12.0. The summed E-state index contributed by atoms with van der Waals surface area (Å²) < 4.78 is 14.5. The Kier molecular flexibility index (Phi) is 4.94. The van der Waals surface area contributed by atoms with E-state index >= 15 is 0 Å². The molecule has 5 nitrogen and oxygen atoms in total. The molecule has 1 unspecified atom stereocenters. The van der Waals surface area contributed by atoms with E-state index in [1.165, 1.54) is 12.1 Å². The number of rotatable bonds is 5. The average Bonchev–Trinajstić information content (AvgIpc) is 2.90. The summed E-state index contributed by atoms with van der Waals surface area (Å²) in [6, 6.07) is 9.13. The number of amides is 2. The zero-order valence-electron chi connectivity index (χ0n) is 11.7. The third-order valence-electron chi connectivity index (χ3n) is 3.15. The van der Waals surface area contributed by atoms with Crippen molar-refractivity contribution >= 4 is 6.03 Å². The van der Waals surface area contributed by atoms with Gasteiger partial charge in [-0.05, 0) is 29.8 Å². The van der Waals surface area contributed by atoms with Crippen LogP contribution in [0, 0.1) is 5.82 Å². The molecule has 1 atom stereocenters. The number of aromatic nitrogens is 1. The van der Waals surface area contributed by atoms with E-state index in [4.69, 9.17) is 0 Å². The third kappa shape index (κ3) is 4.32. The first-order chi connectivity index (χ1) is 10.1. The first kappa shape index (κ1) is 15.1. The molecule has 2 rings (SSSR count). The van der Waals surface area contributed by atoms with Gasteiger partial charge < -0.3 is 20.3 Å². The van der Waals surface area contributed by atoms with Crippen LogP contribution in [0.25, 0.3) is 0 Å². The van der Waals surface area contributed by atoms with Gasteiger partial charge in [-0.2, -0.15) is 0 Å². The van der Waals surface area contributed by atoms with Crippen LogP contribution in [0.1, 0.15) is 17.4 Å². The van der Waals surface area contributed by atoms with Crippen LogP contribution in [-0.2, 0) is 13.6 Å². The summed E-state index contributed by atoms with van der Waals surface area (Å²) in [6.45, 7) is 0.416. The molecule has 112 valence electrons. The number of halogens is 1. The van der Waals surface area contributed by atoms with Crippen molar-refractivity contribution in [3.63, 3.8) is 0 Å². The SMILES string of the molecule is Cn1cccc1C(O)CNC(=O)NCc1ccc(F)cc1. The van der Waals surface area contributed by atoms with E-state index in [-0.39, 0.29) is 18.4 Å². The minimum absolute atomic E-state index is 0.118. The number of urea groups is 1. The van der Waals surface area contributed by atoms with Crippen molar-refractivity contribution < 1.29 is 14.3 Å². The van der Waals surface area contributed by atoms with Crippen molar-refractivity contribution in [1.29, 1.82) is 0 Å². The number of aliphatic hydroxyl groups excluding tert-OH is 1. The maximum atomic E-state index is 12.7. The second kappa shape index (κ2) is 6.90. The molecule has 3 N–H and O–H groups in total. The van der Waals surface area contributed by atoms with Gasteiger partial charge in [0.15, 0.2) is 0 Å². The molecule has 0 aliphatic heterocycles. The van der Waals surface area contributed by atoms with E-state index in [9.17, 15) is 14.3 Å². The molecule has 2 aromatic rings. The number of carbonyl (C=O) groups is 1. The number of carbonyl (C=O) groups excluding carboxylic acids is 1. The highest BCUT2D eigenvalue weighted by Crippen LogP contribution is 2.11. The Hall–Kier alpha value is -2.34. The van der Waals surface area contributed by atoms with E-state index in [1.807, 2.05) is 19.3 Å². The molecule has 21 heavy (non-hydrogen) atoms. The van der Waals surface area contributed by atoms with Crippen LogP contribution >= 0.6 is 0 Å². The van der Waals surface area contributed by atoms with Gasteiger partial charge in [-0.1, -0.05) is 12.1 Å². The summed E-state index contributed by atoms with van der Waals surface area (Å²) in [5.74, 6) is -0.311. The molecule has 0 saturated heterocycles. The molecule has 0 aliphatic carbocycles. The third-order valence-corrected chi connectivity index (χ3v) is 3.15. The monoisotopic (exact) mass is 291 g/mol. The predicted molar refractivity (Wildman–Crippen MR) is 77.0 cm³/mol. The number of hydrogen-bond donors (Lipinski definition) is 3. The summed E-state index contributed by atoms with van der Waals surface area (Å²) in [5, 5.41) is 15.2. The lowest BCUT2D eigenvalue weighted by molar-refractivity contribution is 0.166. The second-order valence-electron chi connectivity index (χ2n) is 4.75. The molecule has 2 amide bonds. The summed E-state index contributed by atoms with van der Waals surface area (Å²) in [4.78, 5) is 11.6. The number of nitrogens with zero attached hydrogens (tertiary/aromatic N) is 1. The lowest BCUT2D eigenvalue weighted by atomic mass is 10.2. The molecule has 6 heteroatoms. The summed E-state index contributed by atoms with van der Waals surface area (Å²) >= 11 is 0. The molecule has 0 fully saturated rings. The molecule has 0 bridgehead atoms. The Morgan fingerprint density at radius 1 is 1.29 bits per heavy atom. The van der Waals surface area contributed by atoms with Crippen LogP contribution in [0.2, 0.25) is 0 Å². The van der Waals surface area contributed by atoms with Crippen molar-refractivity contribution in [2.24, 2.45) is 7.05 Å². The Bertz CT molecular complexity index is 595. The number of benzene rings is 1. The largest absolute Gasteiger partial charge is 0.385 e. The van der Waals surface area contributed by atoms with E-state index < -0.39 is 6.10 Å². The van der Waals surface area contributed by atoms with Crippen molar-refractivity contribution in [3.05, 3.63) is 59.7 Å². The number of hydrogen-bond acceptors (Lipinski definition) is 2. The van der Waals surface area contributed by atoms with Crippen molar-refractivity contribution in [1.82, 2.24) is 15.2 Å². The van der Waals surface area contributed by atoms with Crippen LogP contribution in [-0.4, -0.2) is 22.2 Å². The molecular formula is C15H18FN3O2. The Labute approximate surface area is 122 Å². The fourth-order valence-corrected chi connectivity index (χ4v) is 1.96. The van der Waals surface area contributed by atoms with E-state index in [0.717, 1.165) is 11.3 Å². The zero-order chi connectivity index (χ0) is 15.2. The minimum Gasteiger partial charge on any atom is -0.385 e. The van der Waals surface area contributed by atoms with Gasteiger partial charge >= 0.3 is 6.03 Å². The van der Waals surface area contributed by atoms with Gasteiger partial charge in [0.2, 0.25) is 0 Å². The van der Waals surface area contributed by atoms with Gasteiger partial charge in [-0.25, -0.2) is 9.18 Å². The van der Waals surface area contributed by atoms with Crippen LogP contribution in [0.5, 0.6) is 0 Å². The first-order valence-electron chi connectivity index (χ1n) is 6.61. The van der Waals surface area contributed by atoms with Crippen LogP contribution < -0.4 is 10.6 Å². The Morgan fingerprint density at radius 2 is 2.00 bits per heavy atom. The van der Waals surface area contributed by atoms with Gasteiger partial charge in [0.05, 0.1) is 6.54 Å². The fourth-order valence-electron chi connectivity index (χ4n) is 1.96. The van der Waals surface area contributed by atoms with Crippen molar-refractivity contribution in [2.45, 2.75) is 12.6 Å². The standard InChI is InChI=1S/C15H18FN3O2/c1-19-8-2-3-13(19)14(20)10-18-15(21)17-9-11-4-6-12(16)7-5-11/h2-8,14,20H,9-10H2,1H3,(H2,17,18,21). The lowest BCUT2D eigenvalue weighted by Crippen LogP contribution is -2.37. The number of aliphatic hydroxyl groups is 1. The second-order valence-corrected chi connectivity index (χ2v) is 4.75. The van der Waals surface area contributed by atoms with E-state index in [0.29, 0.717) is 6.54 Å². The Morgan fingerprint density at radius 3 is 2.62 bits per heavy atom. The van der Waals surface area contributed by atoms with Gasteiger partial charge in [0.1, 0.15) is 11.9 Å². The number of aryl methyl sites for hydroxylation is 1. The van der Waals surface area contributed by atoms with E-state index in [1.54, 1.807) is 22.8 Å². The highest BCUT2D eigenvalue weighted by atomic mass is 19.1. The van der Waals surface area contributed by atoms with Crippen molar-refractivity contribution in [2.75, 3.05) is 6.54 Å². The fraction of sp³-hybridized carbons (Fsp3) is 0.267. The molecule has 1 aromatic carbocycles. The van der Waals surface area contributed by atoms with Crippen LogP contribution in [0.4, 0.5) is 9.18 Å². The molecule has 0 radical (unpaired) electrons.